The number of benzene rings is 1. The number of aryl methyl sites for hydroxylation is 1. The minimum Gasteiger partial charge on any atom is -0.358 e. The summed E-state index contributed by atoms with van der Waals surface area (Å²) < 4.78 is 0. The Labute approximate surface area is 98.9 Å². The van der Waals surface area contributed by atoms with Gasteiger partial charge in [0.15, 0.2) is 0 Å². The number of nitrogens with zero attached hydrogens (tertiary/aromatic N) is 3. The molecule has 0 spiro atoms. The molecule has 2 aromatic rings. The molecule has 0 N–H and O–H groups in total. The van der Waals surface area contributed by atoms with Gasteiger partial charge in [-0.1, -0.05) is 36.0 Å². The summed E-state index contributed by atoms with van der Waals surface area (Å²) in [5.41, 5.74) is 3.13. The third-order valence-corrected chi connectivity index (χ3v) is 1.73. The Morgan fingerprint density at radius 3 is 2.38 bits per heavy atom. The van der Waals surface area contributed by atoms with Crippen LogP contribution in [0.15, 0.2) is 30.5 Å². The summed E-state index contributed by atoms with van der Waals surface area (Å²) in [6.45, 7) is 2.05. The van der Waals surface area contributed by atoms with Crippen molar-refractivity contribution in [2.24, 2.45) is 0 Å². The fourth-order valence-corrected chi connectivity index (χ4v) is 1.04. The molecule has 1 heterocycles. The van der Waals surface area contributed by atoms with Crippen molar-refractivity contribution in [3.63, 3.8) is 0 Å². The van der Waals surface area contributed by atoms with E-state index in [4.69, 9.17) is 0 Å². The SMILES string of the molecule is Cc1ccc(-c2c[n-]nn2)cc1.[Na+]. The van der Waals surface area contributed by atoms with Crippen LogP contribution in [0.4, 0.5) is 0 Å². The van der Waals surface area contributed by atoms with Gasteiger partial charge >= 0.3 is 29.6 Å². The van der Waals surface area contributed by atoms with E-state index in [1.807, 2.05) is 24.3 Å². The largest absolute Gasteiger partial charge is 1.00 e. The maximum absolute atomic E-state index is 3.86. The normalized spacial score (nSPS) is 9.31. The van der Waals surface area contributed by atoms with Crippen LogP contribution in [0, 0.1) is 6.92 Å². The van der Waals surface area contributed by atoms with Gasteiger partial charge < -0.3 is 10.2 Å². The Morgan fingerprint density at radius 1 is 1.15 bits per heavy atom. The smallest absolute Gasteiger partial charge is 0.358 e. The van der Waals surface area contributed by atoms with E-state index < -0.39 is 0 Å². The molecule has 60 valence electrons. The van der Waals surface area contributed by atoms with Crippen LogP contribution in [-0.4, -0.2) is 10.3 Å². The third-order valence-electron chi connectivity index (χ3n) is 1.73. The van der Waals surface area contributed by atoms with Gasteiger partial charge in [-0.25, -0.2) is 0 Å². The number of rotatable bonds is 1. The van der Waals surface area contributed by atoms with E-state index >= 15 is 0 Å². The first-order chi connectivity index (χ1) is 5.86. The third kappa shape index (κ3) is 2.40. The van der Waals surface area contributed by atoms with Crippen molar-refractivity contribution in [3.8, 4) is 11.3 Å². The van der Waals surface area contributed by atoms with Gasteiger partial charge in [-0.15, -0.1) is 0 Å². The van der Waals surface area contributed by atoms with E-state index in [-0.39, 0.29) is 29.6 Å². The van der Waals surface area contributed by atoms with E-state index in [1.54, 1.807) is 6.20 Å². The van der Waals surface area contributed by atoms with Gasteiger partial charge in [-0.3, -0.25) is 5.21 Å². The van der Waals surface area contributed by atoms with Crippen LogP contribution < -0.4 is 34.7 Å². The van der Waals surface area contributed by atoms with Gasteiger partial charge in [0, 0.05) is 0 Å². The summed E-state index contributed by atoms with van der Waals surface area (Å²) in [6.07, 6.45) is 1.66. The van der Waals surface area contributed by atoms with Gasteiger partial charge in [-0.05, 0) is 18.2 Å². The maximum atomic E-state index is 3.86. The Hall–Kier alpha value is -0.640. The fourth-order valence-electron chi connectivity index (χ4n) is 1.04. The van der Waals surface area contributed by atoms with Gasteiger partial charge in [-0.2, -0.15) is 0 Å². The number of hydrogen-bond donors (Lipinski definition) is 0. The molecule has 0 bridgehead atoms. The van der Waals surface area contributed by atoms with Gasteiger partial charge in [0.25, 0.3) is 0 Å². The molecular weight excluding hydrogens is 173 g/mol. The van der Waals surface area contributed by atoms with Gasteiger partial charge in [0.2, 0.25) is 0 Å². The first kappa shape index (κ1) is 10.4. The first-order valence-electron chi connectivity index (χ1n) is 3.74. The average molecular weight is 181 g/mol. The molecule has 3 nitrogen and oxygen atoms in total. The van der Waals surface area contributed by atoms with Crippen LogP contribution in [0.3, 0.4) is 0 Å². The molecule has 13 heavy (non-hydrogen) atoms. The molecule has 0 radical (unpaired) electrons. The van der Waals surface area contributed by atoms with E-state index in [2.05, 4.69) is 22.3 Å². The van der Waals surface area contributed by atoms with Crippen LogP contribution >= 0.6 is 0 Å². The van der Waals surface area contributed by atoms with Crippen molar-refractivity contribution in [1.82, 2.24) is 15.4 Å². The average Bonchev–Trinajstić information content (AvgIpc) is 2.58. The maximum Gasteiger partial charge on any atom is 1.00 e. The van der Waals surface area contributed by atoms with Crippen LogP contribution in [0.5, 0.6) is 0 Å². The molecule has 0 amide bonds. The van der Waals surface area contributed by atoms with Crippen molar-refractivity contribution < 1.29 is 29.6 Å². The molecule has 1 aromatic heterocycles. The summed E-state index contributed by atoms with van der Waals surface area (Å²) in [4.78, 5) is 0. The van der Waals surface area contributed by atoms with Crippen molar-refractivity contribution >= 4 is 0 Å². The molecule has 0 unspecified atom stereocenters. The van der Waals surface area contributed by atoms with Crippen molar-refractivity contribution in [3.05, 3.63) is 36.0 Å². The molecule has 0 aliphatic carbocycles. The van der Waals surface area contributed by atoms with Crippen LogP contribution in [0.25, 0.3) is 11.3 Å². The first-order valence-corrected chi connectivity index (χ1v) is 3.74. The molecule has 0 atom stereocenters. The Balaban J connectivity index is 0.000000845. The van der Waals surface area contributed by atoms with Crippen LogP contribution in [0.2, 0.25) is 0 Å². The zero-order valence-electron chi connectivity index (χ0n) is 7.73. The van der Waals surface area contributed by atoms with E-state index in [1.165, 1.54) is 5.56 Å². The standard InChI is InChI=1S/C9H8N3.Na/c1-7-2-4-8(5-3-7)9-6-10-12-11-9;/h2-6H,1H3;/q-1;+1. The van der Waals surface area contributed by atoms with Gasteiger partial charge in [0.1, 0.15) is 0 Å². The summed E-state index contributed by atoms with van der Waals surface area (Å²) in [5, 5.41) is 11.0. The van der Waals surface area contributed by atoms with E-state index in [9.17, 15) is 0 Å². The van der Waals surface area contributed by atoms with Crippen molar-refractivity contribution in [2.45, 2.75) is 6.92 Å². The van der Waals surface area contributed by atoms with Crippen molar-refractivity contribution in [1.29, 1.82) is 0 Å². The van der Waals surface area contributed by atoms with Crippen molar-refractivity contribution in [2.75, 3.05) is 0 Å². The number of hydrogen-bond acceptors (Lipinski definition) is 2. The second kappa shape index (κ2) is 4.56. The minimum absolute atomic E-state index is 0. The van der Waals surface area contributed by atoms with E-state index in [0.29, 0.717) is 0 Å². The van der Waals surface area contributed by atoms with E-state index in [0.717, 1.165) is 11.3 Å². The molecule has 1 aromatic carbocycles. The van der Waals surface area contributed by atoms with Gasteiger partial charge in [0.05, 0.1) is 0 Å². The quantitative estimate of drug-likeness (QED) is 0.498. The predicted octanol–water partition coefficient (Wildman–Crippen LogP) is -1.59. The molecule has 0 saturated heterocycles. The zero-order valence-corrected chi connectivity index (χ0v) is 9.73. The predicted molar refractivity (Wildman–Crippen MR) is 45.5 cm³/mol. The second-order valence-corrected chi connectivity index (χ2v) is 2.69. The zero-order chi connectivity index (χ0) is 8.39. The minimum atomic E-state index is 0. The monoisotopic (exact) mass is 181 g/mol. The van der Waals surface area contributed by atoms with Crippen LogP contribution in [-0.2, 0) is 0 Å². The molecule has 0 fully saturated rings. The second-order valence-electron chi connectivity index (χ2n) is 2.69. The molecular formula is C9H8N3Na. The molecule has 0 aliphatic heterocycles. The molecule has 2 rings (SSSR count). The summed E-state index contributed by atoms with van der Waals surface area (Å²) in [7, 11) is 0. The number of aromatic nitrogens is 3. The Kier molecular flexibility index (Phi) is 3.66. The Morgan fingerprint density at radius 2 is 1.85 bits per heavy atom. The summed E-state index contributed by atoms with van der Waals surface area (Å²) >= 11 is 0. The molecule has 4 heteroatoms. The topological polar surface area (TPSA) is 39.9 Å². The van der Waals surface area contributed by atoms with Crippen LogP contribution in [0.1, 0.15) is 5.56 Å². The molecule has 0 saturated carbocycles. The fraction of sp³-hybridized carbons (Fsp3) is 0.111. The summed E-state index contributed by atoms with van der Waals surface area (Å²) in [6, 6.07) is 8.12. The Bertz CT molecular complexity index is 353. The molecule has 0 aliphatic rings. The summed E-state index contributed by atoms with van der Waals surface area (Å²) in [5.74, 6) is 0.